The Hall–Kier alpha value is -1.52. The number of hydrogen-bond donors (Lipinski definition) is 1. The molecule has 15 heavy (non-hydrogen) atoms. The fourth-order valence-corrected chi connectivity index (χ4v) is 1.41. The number of rotatable bonds is 2. The van der Waals surface area contributed by atoms with Crippen LogP contribution in [0, 0.1) is 0 Å². The van der Waals surface area contributed by atoms with E-state index in [-0.39, 0.29) is 12.0 Å². The van der Waals surface area contributed by atoms with Gasteiger partial charge in [0.1, 0.15) is 5.75 Å². The van der Waals surface area contributed by atoms with Crippen molar-refractivity contribution in [2.24, 2.45) is 0 Å². The number of hydrogen-bond acceptors (Lipinski definition) is 4. The molecule has 1 aromatic carbocycles. The molecule has 0 aliphatic carbocycles. The predicted octanol–water partition coefficient (Wildman–Crippen LogP) is 1.67. The van der Waals surface area contributed by atoms with Crippen molar-refractivity contribution in [1.82, 2.24) is 0 Å². The topological polar surface area (TPSA) is 41.9 Å². The van der Waals surface area contributed by atoms with Gasteiger partial charge in [-0.2, -0.15) is 0 Å². The molecule has 1 aliphatic heterocycles. The molecule has 0 bridgehead atoms. The number of ether oxygens (including phenoxy) is 1. The van der Waals surface area contributed by atoms with Gasteiger partial charge in [-0.25, -0.2) is 9.90 Å². The van der Waals surface area contributed by atoms with Gasteiger partial charge in [-0.15, -0.1) is 0 Å². The molecular weight excluding hydrogens is 194 g/mol. The average Bonchev–Trinajstić information content (AvgIpc) is 2.29. The van der Waals surface area contributed by atoms with Gasteiger partial charge in [0.15, 0.2) is 0 Å². The fourth-order valence-electron chi connectivity index (χ4n) is 1.41. The van der Waals surface area contributed by atoms with Gasteiger partial charge in [-0.1, -0.05) is 12.1 Å². The van der Waals surface area contributed by atoms with Crippen LogP contribution in [-0.2, 0) is 9.57 Å². The highest BCUT2D eigenvalue weighted by atomic mass is 16.8. The van der Waals surface area contributed by atoms with Gasteiger partial charge >= 0.3 is 0 Å². The van der Waals surface area contributed by atoms with Crippen LogP contribution in [-0.4, -0.2) is 25.1 Å². The summed E-state index contributed by atoms with van der Waals surface area (Å²) in [5.41, 5.74) is 0.807. The molecule has 1 aromatic rings. The smallest absolute Gasteiger partial charge is 0.202 e. The number of nitrogens with zero attached hydrogens (tertiary/aromatic N) is 1. The van der Waals surface area contributed by atoms with E-state index in [2.05, 4.69) is 0 Å². The van der Waals surface area contributed by atoms with Crippen molar-refractivity contribution < 1.29 is 14.7 Å². The second-order valence-corrected chi connectivity index (χ2v) is 3.22. The number of aromatic hydroxyl groups is 1. The van der Waals surface area contributed by atoms with Crippen molar-refractivity contribution in [3.05, 3.63) is 36.4 Å². The third kappa shape index (κ3) is 2.29. The minimum atomic E-state index is -0.360. The van der Waals surface area contributed by atoms with E-state index in [1.165, 1.54) is 0 Å². The summed E-state index contributed by atoms with van der Waals surface area (Å²) < 4.78 is 5.06. The number of phenols is 1. The van der Waals surface area contributed by atoms with E-state index < -0.39 is 0 Å². The quantitative estimate of drug-likeness (QED) is 0.749. The van der Waals surface area contributed by atoms with Gasteiger partial charge in [0.25, 0.3) is 0 Å². The van der Waals surface area contributed by atoms with E-state index >= 15 is 0 Å². The summed E-state index contributed by atoms with van der Waals surface area (Å²) in [7, 11) is 1.58. The molecule has 1 unspecified atom stereocenters. The number of phenolic OH excluding ortho intramolecular Hbond substituents is 1. The van der Waals surface area contributed by atoms with Crippen LogP contribution < -0.4 is 5.06 Å². The Balaban J connectivity index is 2.15. The molecule has 1 N–H and O–H groups in total. The summed E-state index contributed by atoms with van der Waals surface area (Å²) >= 11 is 0. The lowest BCUT2D eigenvalue weighted by Crippen LogP contribution is -2.33. The van der Waals surface area contributed by atoms with E-state index in [0.29, 0.717) is 6.54 Å². The molecule has 1 aliphatic rings. The van der Waals surface area contributed by atoms with Crippen LogP contribution in [0.15, 0.2) is 36.4 Å². The van der Waals surface area contributed by atoms with Crippen LogP contribution in [0.25, 0.3) is 0 Å². The molecule has 0 amide bonds. The van der Waals surface area contributed by atoms with E-state index in [1.54, 1.807) is 30.4 Å². The number of hydroxylamine groups is 1. The first-order valence-corrected chi connectivity index (χ1v) is 4.72. The third-order valence-electron chi connectivity index (χ3n) is 2.15. The normalized spacial score (nSPS) is 20.6. The zero-order chi connectivity index (χ0) is 10.7. The Morgan fingerprint density at radius 2 is 2.40 bits per heavy atom. The lowest BCUT2D eigenvalue weighted by molar-refractivity contribution is -0.105. The van der Waals surface area contributed by atoms with Crippen LogP contribution in [0.3, 0.4) is 0 Å². The van der Waals surface area contributed by atoms with Gasteiger partial charge in [-0.3, -0.25) is 0 Å². The highest BCUT2D eigenvalue weighted by Gasteiger charge is 2.16. The second kappa shape index (κ2) is 4.33. The molecule has 0 aromatic heterocycles. The van der Waals surface area contributed by atoms with Crippen LogP contribution in [0.1, 0.15) is 0 Å². The standard InChI is InChI=1S/C11H13NO3/c1-14-11-6-3-7-12(15-11)9-4-2-5-10(13)8-9/h2-6,8,11,13H,7H2,1H3. The van der Waals surface area contributed by atoms with Gasteiger partial charge < -0.3 is 9.84 Å². The fraction of sp³-hybridized carbons (Fsp3) is 0.273. The molecule has 0 saturated carbocycles. The first-order valence-electron chi connectivity index (χ1n) is 4.72. The summed E-state index contributed by atoms with van der Waals surface area (Å²) in [5, 5.41) is 11.0. The molecule has 0 saturated heterocycles. The largest absolute Gasteiger partial charge is 0.508 e. The molecule has 0 spiro atoms. The van der Waals surface area contributed by atoms with E-state index in [9.17, 15) is 5.11 Å². The third-order valence-corrected chi connectivity index (χ3v) is 2.15. The number of benzene rings is 1. The zero-order valence-electron chi connectivity index (χ0n) is 8.46. The summed E-state index contributed by atoms with van der Waals surface area (Å²) in [5.74, 6) is 0.222. The summed E-state index contributed by atoms with van der Waals surface area (Å²) in [6.45, 7) is 0.642. The predicted molar refractivity (Wildman–Crippen MR) is 56.5 cm³/mol. The first kappa shape index (κ1) is 10.0. The van der Waals surface area contributed by atoms with Crippen LogP contribution in [0.5, 0.6) is 5.75 Å². The second-order valence-electron chi connectivity index (χ2n) is 3.22. The van der Waals surface area contributed by atoms with Crippen molar-refractivity contribution in [2.45, 2.75) is 6.29 Å². The molecule has 4 heteroatoms. The van der Waals surface area contributed by atoms with Crippen molar-refractivity contribution in [1.29, 1.82) is 0 Å². The lowest BCUT2D eigenvalue weighted by atomic mass is 10.3. The maximum Gasteiger partial charge on any atom is 0.202 e. The maximum absolute atomic E-state index is 9.34. The molecule has 0 radical (unpaired) electrons. The number of methoxy groups -OCH3 is 1. The van der Waals surface area contributed by atoms with Gasteiger partial charge in [-0.05, 0) is 18.2 Å². The summed E-state index contributed by atoms with van der Waals surface area (Å²) in [4.78, 5) is 5.49. The van der Waals surface area contributed by atoms with E-state index in [4.69, 9.17) is 9.57 Å². The Morgan fingerprint density at radius 1 is 1.53 bits per heavy atom. The van der Waals surface area contributed by atoms with Crippen LogP contribution >= 0.6 is 0 Å². The zero-order valence-corrected chi connectivity index (χ0v) is 8.46. The van der Waals surface area contributed by atoms with Crippen molar-refractivity contribution >= 4 is 5.69 Å². The van der Waals surface area contributed by atoms with Crippen molar-refractivity contribution in [3.8, 4) is 5.75 Å². The molecule has 0 fully saturated rings. The van der Waals surface area contributed by atoms with Gasteiger partial charge in [0.2, 0.25) is 6.29 Å². The molecule has 4 nitrogen and oxygen atoms in total. The van der Waals surface area contributed by atoms with Gasteiger partial charge in [0.05, 0.1) is 12.2 Å². The highest BCUT2D eigenvalue weighted by Crippen LogP contribution is 2.22. The highest BCUT2D eigenvalue weighted by molar-refractivity contribution is 5.49. The Morgan fingerprint density at radius 3 is 3.13 bits per heavy atom. The summed E-state index contributed by atoms with van der Waals surface area (Å²) in [6.07, 6.45) is 3.45. The number of anilines is 1. The molecular formula is C11H13NO3. The minimum absolute atomic E-state index is 0.222. The lowest BCUT2D eigenvalue weighted by Gasteiger charge is -2.29. The van der Waals surface area contributed by atoms with Crippen molar-refractivity contribution in [2.75, 3.05) is 18.7 Å². The Bertz CT molecular complexity index is 365. The first-order chi connectivity index (χ1) is 7.29. The summed E-state index contributed by atoms with van der Waals surface area (Å²) in [6, 6.07) is 6.91. The average molecular weight is 207 g/mol. The van der Waals surface area contributed by atoms with E-state index in [0.717, 1.165) is 5.69 Å². The molecule has 1 heterocycles. The van der Waals surface area contributed by atoms with E-state index in [1.807, 2.05) is 18.2 Å². The SMILES string of the molecule is COC1C=CCN(c2cccc(O)c2)O1. The van der Waals surface area contributed by atoms with Gasteiger partial charge in [0, 0.05) is 13.2 Å². The van der Waals surface area contributed by atoms with Crippen molar-refractivity contribution in [3.63, 3.8) is 0 Å². The maximum atomic E-state index is 9.34. The molecule has 2 rings (SSSR count). The van der Waals surface area contributed by atoms with Crippen LogP contribution in [0.4, 0.5) is 5.69 Å². The Labute approximate surface area is 88.3 Å². The Kier molecular flexibility index (Phi) is 2.89. The monoisotopic (exact) mass is 207 g/mol. The molecule has 1 atom stereocenters. The van der Waals surface area contributed by atoms with Crippen LogP contribution in [0.2, 0.25) is 0 Å². The minimum Gasteiger partial charge on any atom is -0.508 e. The molecule has 80 valence electrons.